The van der Waals surface area contributed by atoms with E-state index in [9.17, 15) is 14.3 Å². The maximum atomic E-state index is 12.6. The third-order valence-corrected chi connectivity index (χ3v) is 10.0. The molecule has 0 aliphatic heterocycles. The van der Waals surface area contributed by atoms with E-state index in [1.165, 1.54) is 83.5 Å². The smallest absolute Gasteiger partial charge is 0.306 e. The van der Waals surface area contributed by atoms with Gasteiger partial charge in [0.1, 0.15) is 19.3 Å². The van der Waals surface area contributed by atoms with Gasteiger partial charge in [-0.05, 0) is 77.0 Å². The molecule has 0 rings (SSSR count). The monoisotopic (exact) mass is 794 g/mol. The summed E-state index contributed by atoms with van der Waals surface area (Å²) in [6.07, 6.45) is 48.1. The summed E-state index contributed by atoms with van der Waals surface area (Å²) in [5.41, 5.74) is 0. The standard InChI is InChI=1S/C46H84NO7P/c1-6-8-10-12-14-16-18-20-21-22-23-24-25-26-28-30-32-34-36-38-41-51-43-45(44-53-55(49,50)52-42-40-47(3,4)5)54-46(48)39-37-35-33-31-29-27-19-17-15-13-11-9-7-2/h9,11,14-17,20-21,27,29,45H,6-8,10,12-13,18-19,22-26,28,30-44H2,1-5H3/b11-9-,16-14-,17-15-,21-20-,29-27-. The molecule has 0 aliphatic rings. The lowest BCUT2D eigenvalue weighted by Gasteiger charge is -2.28. The second-order valence-corrected chi connectivity index (χ2v) is 17.1. The van der Waals surface area contributed by atoms with Crippen molar-refractivity contribution in [2.75, 3.05) is 54.1 Å². The predicted octanol–water partition coefficient (Wildman–Crippen LogP) is 12.3. The van der Waals surface area contributed by atoms with Gasteiger partial charge in [0, 0.05) is 13.0 Å². The van der Waals surface area contributed by atoms with Crippen LogP contribution < -0.4 is 4.89 Å². The van der Waals surface area contributed by atoms with E-state index in [1.807, 2.05) is 21.1 Å². The number of esters is 1. The second kappa shape index (κ2) is 39.0. The van der Waals surface area contributed by atoms with Crippen LogP contribution in [0.4, 0.5) is 0 Å². The van der Waals surface area contributed by atoms with Crippen LogP contribution in [0.25, 0.3) is 0 Å². The van der Waals surface area contributed by atoms with Crippen LogP contribution in [0, 0.1) is 0 Å². The summed E-state index contributed by atoms with van der Waals surface area (Å²) in [4.78, 5) is 25.0. The Morgan fingerprint density at radius 1 is 0.582 bits per heavy atom. The van der Waals surface area contributed by atoms with Crippen molar-refractivity contribution in [2.45, 2.75) is 174 Å². The summed E-state index contributed by atoms with van der Waals surface area (Å²) in [7, 11) is 1.33. The molecule has 9 heteroatoms. The van der Waals surface area contributed by atoms with Gasteiger partial charge >= 0.3 is 5.97 Å². The van der Waals surface area contributed by atoms with Crippen molar-refractivity contribution in [1.29, 1.82) is 0 Å². The fraction of sp³-hybridized carbons (Fsp3) is 0.761. The Bertz CT molecular complexity index is 1060. The Morgan fingerprint density at radius 3 is 1.58 bits per heavy atom. The molecule has 0 aromatic heterocycles. The molecule has 0 saturated carbocycles. The molecule has 8 nitrogen and oxygen atoms in total. The molecule has 2 atom stereocenters. The molecular formula is C46H84NO7P. The van der Waals surface area contributed by atoms with E-state index in [2.05, 4.69) is 74.6 Å². The minimum absolute atomic E-state index is 0.0172. The minimum Gasteiger partial charge on any atom is -0.756 e. The highest BCUT2D eigenvalue weighted by molar-refractivity contribution is 7.45. The van der Waals surface area contributed by atoms with Crippen LogP contribution in [0.1, 0.15) is 168 Å². The Balaban J connectivity index is 4.23. The summed E-state index contributed by atoms with van der Waals surface area (Å²) in [6.45, 7) is 5.21. The largest absolute Gasteiger partial charge is 0.756 e. The van der Waals surface area contributed by atoms with Crippen LogP contribution in [0.5, 0.6) is 0 Å². The average molecular weight is 794 g/mol. The number of likely N-dealkylation sites (N-methyl/N-ethyl adjacent to an activating group) is 1. The van der Waals surface area contributed by atoms with Crippen molar-refractivity contribution in [3.63, 3.8) is 0 Å². The van der Waals surface area contributed by atoms with E-state index in [0.29, 0.717) is 24.1 Å². The molecule has 0 spiro atoms. The van der Waals surface area contributed by atoms with Crippen molar-refractivity contribution in [3.05, 3.63) is 60.8 Å². The first-order valence-electron chi connectivity index (χ1n) is 22.0. The number of carbonyl (C=O) groups excluding carboxylic acids is 1. The molecule has 0 aliphatic carbocycles. The number of hydrogen-bond donors (Lipinski definition) is 0. The number of nitrogens with zero attached hydrogens (tertiary/aromatic N) is 1. The van der Waals surface area contributed by atoms with Crippen molar-refractivity contribution in [3.8, 4) is 0 Å². The predicted molar refractivity (Wildman–Crippen MR) is 231 cm³/mol. The zero-order chi connectivity index (χ0) is 40.6. The molecule has 0 bridgehead atoms. The van der Waals surface area contributed by atoms with Crippen LogP contribution in [0.2, 0.25) is 0 Å². The number of carbonyl (C=O) groups is 1. The van der Waals surface area contributed by atoms with E-state index < -0.39 is 13.9 Å². The van der Waals surface area contributed by atoms with Crippen LogP contribution in [0.15, 0.2) is 60.8 Å². The quantitative estimate of drug-likeness (QED) is 0.0200. The SMILES string of the molecule is CC/C=C\C/C=C\C/C=C\CCCCCC(=O)OC(COCCCCCCCCCCCC/C=C\C/C=C\CCCCC)COP(=O)([O-])OCC[N+](C)(C)C. The minimum atomic E-state index is -4.53. The maximum Gasteiger partial charge on any atom is 0.306 e. The van der Waals surface area contributed by atoms with Crippen molar-refractivity contribution < 1.29 is 37.3 Å². The molecule has 0 aromatic rings. The number of phosphoric ester groups is 1. The molecule has 0 radical (unpaired) electrons. The highest BCUT2D eigenvalue weighted by Gasteiger charge is 2.20. The molecule has 0 heterocycles. The lowest BCUT2D eigenvalue weighted by molar-refractivity contribution is -0.870. The van der Waals surface area contributed by atoms with Gasteiger partial charge in [0.25, 0.3) is 7.82 Å². The van der Waals surface area contributed by atoms with E-state index in [1.54, 1.807) is 0 Å². The van der Waals surface area contributed by atoms with Gasteiger partial charge in [-0.25, -0.2) is 0 Å². The first-order valence-corrected chi connectivity index (χ1v) is 23.5. The van der Waals surface area contributed by atoms with Gasteiger partial charge in [-0.1, -0.05) is 145 Å². The van der Waals surface area contributed by atoms with E-state index in [-0.39, 0.29) is 32.2 Å². The molecule has 320 valence electrons. The lowest BCUT2D eigenvalue weighted by atomic mass is 10.1. The molecule has 0 aromatic carbocycles. The van der Waals surface area contributed by atoms with Crippen molar-refractivity contribution in [2.24, 2.45) is 0 Å². The van der Waals surface area contributed by atoms with Gasteiger partial charge in [-0.3, -0.25) is 9.36 Å². The van der Waals surface area contributed by atoms with Gasteiger partial charge in [-0.15, -0.1) is 0 Å². The van der Waals surface area contributed by atoms with Crippen LogP contribution in [0.3, 0.4) is 0 Å². The fourth-order valence-corrected chi connectivity index (χ4v) is 6.38. The molecule has 0 N–H and O–H groups in total. The van der Waals surface area contributed by atoms with Gasteiger partial charge in [0.2, 0.25) is 0 Å². The van der Waals surface area contributed by atoms with Gasteiger partial charge < -0.3 is 27.9 Å². The van der Waals surface area contributed by atoms with Gasteiger partial charge in [-0.2, -0.15) is 0 Å². The number of quaternary nitrogens is 1. The molecule has 0 saturated heterocycles. The third kappa shape index (κ3) is 43.2. The number of ether oxygens (including phenoxy) is 2. The first-order chi connectivity index (χ1) is 26.6. The second-order valence-electron chi connectivity index (χ2n) is 15.7. The van der Waals surface area contributed by atoms with Crippen LogP contribution in [-0.4, -0.2) is 70.7 Å². The average Bonchev–Trinajstić information content (AvgIpc) is 3.13. The molecule has 0 fully saturated rings. The summed E-state index contributed by atoms with van der Waals surface area (Å²) in [6, 6.07) is 0. The summed E-state index contributed by atoms with van der Waals surface area (Å²) < 4.78 is 34.5. The van der Waals surface area contributed by atoms with E-state index >= 15 is 0 Å². The molecule has 0 amide bonds. The van der Waals surface area contributed by atoms with Crippen LogP contribution in [-0.2, 0) is 27.9 Å². The summed E-state index contributed by atoms with van der Waals surface area (Å²) in [5.74, 6) is -0.366. The van der Waals surface area contributed by atoms with Gasteiger partial charge in [0.15, 0.2) is 0 Å². The number of allylic oxidation sites excluding steroid dienone is 10. The molecule has 55 heavy (non-hydrogen) atoms. The van der Waals surface area contributed by atoms with Crippen molar-refractivity contribution in [1.82, 2.24) is 0 Å². The number of hydrogen-bond acceptors (Lipinski definition) is 7. The van der Waals surface area contributed by atoms with E-state index in [4.69, 9.17) is 18.5 Å². The Hall–Kier alpha value is -1.80. The highest BCUT2D eigenvalue weighted by atomic mass is 31.2. The van der Waals surface area contributed by atoms with Crippen LogP contribution >= 0.6 is 7.82 Å². The normalized spacial score (nSPS) is 14.4. The molecule has 2 unspecified atom stereocenters. The van der Waals surface area contributed by atoms with Crippen molar-refractivity contribution >= 4 is 13.8 Å². The van der Waals surface area contributed by atoms with E-state index in [0.717, 1.165) is 57.8 Å². The number of unbranched alkanes of at least 4 members (excludes halogenated alkanes) is 16. The Kier molecular flexibility index (Phi) is 37.8. The zero-order valence-corrected chi connectivity index (χ0v) is 37.0. The summed E-state index contributed by atoms with van der Waals surface area (Å²) >= 11 is 0. The van der Waals surface area contributed by atoms with Gasteiger partial charge in [0.05, 0.1) is 34.4 Å². The summed E-state index contributed by atoms with van der Waals surface area (Å²) in [5, 5.41) is 0. The fourth-order valence-electron chi connectivity index (χ4n) is 5.65. The maximum absolute atomic E-state index is 12.6. The Labute approximate surface area is 339 Å². The Morgan fingerprint density at radius 2 is 1.05 bits per heavy atom. The number of rotatable bonds is 40. The number of phosphoric acid groups is 1. The molecular weight excluding hydrogens is 709 g/mol. The lowest BCUT2D eigenvalue weighted by Crippen LogP contribution is -2.37. The third-order valence-electron chi connectivity index (χ3n) is 9.05. The first kappa shape index (κ1) is 53.2. The zero-order valence-electron chi connectivity index (χ0n) is 36.1. The topological polar surface area (TPSA) is 94.1 Å². The highest BCUT2D eigenvalue weighted by Crippen LogP contribution is 2.38.